The Morgan fingerprint density at radius 1 is 1.09 bits per heavy atom. The van der Waals surface area contributed by atoms with Gasteiger partial charge in [-0.15, -0.1) is 0 Å². The number of carboxylic acid groups (broad SMARTS) is 1. The number of amides is 1. The van der Waals surface area contributed by atoms with E-state index < -0.39 is 11.9 Å². The van der Waals surface area contributed by atoms with Gasteiger partial charge in [0, 0.05) is 19.5 Å². The molecule has 0 bridgehead atoms. The lowest BCUT2D eigenvalue weighted by atomic mass is 9.82. The molecule has 0 unspecified atom stereocenters. The van der Waals surface area contributed by atoms with Gasteiger partial charge in [-0.05, 0) is 36.7 Å². The Hall–Kier alpha value is -1.84. The van der Waals surface area contributed by atoms with Crippen molar-refractivity contribution in [2.75, 3.05) is 13.1 Å². The number of carbonyl (C=O) groups is 2. The van der Waals surface area contributed by atoms with Crippen molar-refractivity contribution >= 4 is 11.9 Å². The number of likely N-dealkylation sites (tertiary alicyclic amines) is 1. The highest BCUT2D eigenvalue weighted by Crippen LogP contribution is 2.36. The van der Waals surface area contributed by atoms with Crippen molar-refractivity contribution in [1.82, 2.24) is 4.90 Å². The van der Waals surface area contributed by atoms with Gasteiger partial charge in [-0.2, -0.15) is 0 Å². The van der Waals surface area contributed by atoms with E-state index in [0.29, 0.717) is 18.3 Å². The molecule has 1 saturated heterocycles. The van der Waals surface area contributed by atoms with E-state index in [1.54, 1.807) is 0 Å². The standard InChI is InChI=1S/C19H25NO3/c21-18(20-12-15-8-4-5-9-16(15)13-20)11-17(19(22)23)10-14-6-2-1-3-7-14/h1-3,6-7,15-17H,4-5,8-13H2,(H,22,23)/t15-,16-,17-/m1/s1. The average Bonchev–Trinajstić information content (AvgIpc) is 2.99. The Morgan fingerprint density at radius 2 is 1.70 bits per heavy atom. The van der Waals surface area contributed by atoms with Crippen molar-refractivity contribution in [3.05, 3.63) is 35.9 Å². The van der Waals surface area contributed by atoms with E-state index in [2.05, 4.69) is 0 Å². The van der Waals surface area contributed by atoms with E-state index in [9.17, 15) is 14.7 Å². The second-order valence-electron chi connectivity index (χ2n) is 7.03. The molecule has 3 atom stereocenters. The van der Waals surface area contributed by atoms with Crippen molar-refractivity contribution in [2.45, 2.75) is 38.5 Å². The zero-order valence-electron chi connectivity index (χ0n) is 13.5. The van der Waals surface area contributed by atoms with E-state index >= 15 is 0 Å². The molecule has 0 aromatic heterocycles. The summed E-state index contributed by atoms with van der Waals surface area (Å²) in [5.74, 6) is -0.204. The molecule has 4 nitrogen and oxygen atoms in total. The first-order chi connectivity index (χ1) is 11.1. The zero-order valence-corrected chi connectivity index (χ0v) is 13.5. The van der Waals surface area contributed by atoms with E-state index in [-0.39, 0.29) is 12.3 Å². The first-order valence-corrected chi connectivity index (χ1v) is 8.68. The molecule has 124 valence electrons. The van der Waals surface area contributed by atoms with Crippen LogP contribution in [-0.2, 0) is 16.0 Å². The summed E-state index contributed by atoms with van der Waals surface area (Å²) in [6, 6.07) is 9.56. The summed E-state index contributed by atoms with van der Waals surface area (Å²) in [4.78, 5) is 26.0. The van der Waals surface area contributed by atoms with Crippen molar-refractivity contribution in [3.8, 4) is 0 Å². The number of rotatable bonds is 5. The lowest BCUT2D eigenvalue weighted by Crippen LogP contribution is -2.33. The third-order valence-electron chi connectivity index (χ3n) is 5.42. The number of hydrogen-bond donors (Lipinski definition) is 1. The maximum absolute atomic E-state index is 12.6. The highest BCUT2D eigenvalue weighted by molar-refractivity contribution is 5.82. The van der Waals surface area contributed by atoms with Crippen LogP contribution in [0.25, 0.3) is 0 Å². The van der Waals surface area contributed by atoms with Crippen LogP contribution in [0.1, 0.15) is 37.7 Å². The molecule has 1 aromatic rings. The number of hydrogen-bond acceptors (Lipinski definition) is 2. The SMILES string of the molecule is O=C(O)[C@@H](CC(=O)N1C[C@H]2CCCC[C@@H]2C1)Cc1ccccc1. The largest absolute Gasteiger partial charge is 0.481 e. The van der Waals surface area contributed by atoms with Crippen LogP contribution in [0.3, 0.4) is 0 Å². The van der Waals surface area contributed by atoms with Gasteiger partial charge in [0.1, 0.15) is 0 Å². The molecule has 1 aromatic carbocycles. The van der Waals surface area contributed by atoms with E-state index in [0.717, 1.165) is 18.7 Å². The zero-order chi connectivity index (χ0) is 16.2. The normalized spacial score (nSPS) is 25.0. The third-order valence-corrected chi connectivity index (χ3v) is 5.42. The molecule has 1 aliphatic heterocycles. The van der Waals surface area contributed by atoms with E-state index in [1.807, 2.05) is 35.2 Å². The molecular weight excluding hydrogens is 290 g/mol. The predicted octanol–water partition coefficient (Wildman–Crippen LogP) is 2.97. The summed E-state index contributed by atoms with van der Waals surface area (Å²) in [6.07, 6.45) is 5.53. The van der Waals surface area contributed by atoms with E-state index in [4.69, 9.17) is 0 Å². The topological polar surface area (TPSA) is 57.6 Å². The summed E-state index contributed by atoms with van der Waals surface area (Å²) in [6.45, 7) is 1.67. The van der Waals surface area contributed by atoms with Crippen LogP contribution < -0.4 is 0 Å². The van der Waals surface area contributed by atoms with Crippen LogP contribution >= 0.6 is 0 Å². The second kappa shape index (κ2) is 7.16. The fraction of sp³-hybridized carbons (Fsp3) is 0.579. The maximum Gasteiger partial charge on any atom is 0.307 e. The summed E-state index contributed by atoms with van der Waals surface area (Å²) < 4.78 is 0. The van der Waals surface area contributed by atoms with E-state index in [1.165, 1.54) is 25.7 Å². The molecule has 1 aliphatic carbocycles. The van der Waals surface area contributed by atoms with Crippen molar-refractivity contribution in [3.63, 3.8) is 0 Å². The van der Waals surface area contributed by atoms with Crippen molar-refractivity contribution < 1.29 is 14.7 Å². The minimum absolute atomic E-state index is 0.0164. The first-order valence-electron chi connectivity index (χ1n) is 8.68. The molecular formula is C19H25NO3. The van der Waals surface area contributed by atoms with Gasteiger partial charge in [-0.25, -0.2) is 0 Å². The molecule has 3 rings (SSSR count). The third kappa shape index (κ3) is 3.92. The molecule has 1 heterocycles. The molecule has 0 radical (unpaired) electrons. The summed E-state index contributed by atoms with van der Waals surface area (Å²) in [7, 11) is 0. The van der Waals surface area contributed by atoms with Crippen LogP contribution in [0.4, 0.5) is 0 Å². The Labute approximate surface area is 137 Å². The van der Waals surface area contributed by atoms with Gasteiger partial charge in [0.05, 0.1) is 5.92 Å². The smallest absolute Gasteiger partial charge is 0.307 e. The van der Waals surface area contributed by atoms with Crippen LogP contribution in [0, 0.1) is 17.8 Å². The highest BCUT2D eigenvalue weighted by atomic mass is 16.4. The molecule has 23 heavy (non-hydrogen) atoms. The van der Waals surface area contributed by atoms with Gasteiger partial charge >= 0.3 is 5.97 Å². The number of fused-ring (bicyclic) bond motifs is 1. The summed E-state index contributed by atoms with van der Waals surface area (Å²) >= 11 is 0. The van der Waals surface area contributed by atoms with Gasteiger partial charge in [0.25, 0.3) is 0 Å². The van der Waals surface area contributed by atoms with Crippen LogP contribution in [-0.4, -0.2) is 35.0 Å². The molecule has 1 amide bonds. The Bertz CT molecular complexity index is 543. The van der Waals surface area contributed by atoms with Crippen LogP contribution in [0.5, 0.6) is 0 Å². The van der Waals surface area contributed by atoms with Gasteiger partial charge in [-0.3, -0.25) is 9.59 Å². The summed E-state index contributed by atoms with van der Waals surface area (Å²) in [5, 5.41) is 9.46. The number of carboxylic acids is 1. The van der Waals surface area contributed by atoms with Crippen LogP contribution in [0.2, 0.25) is 0 Å². The van der Waals surface area contributed by atoms with Gasteiger partial charge < -0.3 is 10.0 Å². The van der Waals surface area contributed by atoms with Crippen LogP contribution in [0.15, 0.2) is 30.3 Å². The van der Waals surface area contributed by atoms with Crippen molar-refractivity contribution in [1.29, 1.82) is 0 Å². The molecule has 2 aliphatic rings. The van der Waals surface area contributed by atoms with Gasteiger partial charge in [-0.1, -0.05) is 43.2 Å². The predicted molar refractivity (Wildman–Crippen MR) is 87.9 cm³/mol. The minimum atomic E-state index is -0.876. The Morgan fingerprint density at radius 3 is 2.26 bits per heavy atom. The molecule has 2 fully saturated rings. The molecule has 4 heteroatoms. The molecule has 0 spiro atoms. The highest BCUT2D eigenvalue weighted by Gasteiger charge is 2.37. The average molecular weight is 315 g/mol. The number of benzene rings is 1. The monoisotopic (exact) mass is 315 g/mol. The first kappa shape index (κ1) is 16.0. The van der Waals surface area contributed by atoms with Gasteiger partial charge in [0.15, 0.2) is 0 Å². The van der Waals surface area contributed by atoms with Crippen molar-refractivity contribution in [2.24, 2.45) is 17.8 Å². The number of aliphatic carboxylic acids is 1. The number of nitrogens with zero attached hydrogens (tertiary/aromatic N) is 1. The fourth-order valence-electron chi connectivity index (χ4n) is 4.09. The molecule has 1 saturated carbocycles. The Kier molecular flexibility index (Phi) is 4.99. The van der Waals surface area contributed by atoms with Gasteiger partial charge in [0.2, 0.25) is 5.91 Å². The Balaban J connectivity index is 1.59. The lowest BCUT2D eigenvalue weighted by Gasteiger charge is -2.22. The maximum atomic E-state index is 12.6. The fourth-order valence-corrected chi connectivity index (χ4v) is 4.09. The lowest BCUT2D eigenvalue weighted by molar-refractivity contribution is -0.145. The number of carbonyl (C=O) groups excluding carboxylic acids is 1. The summed E-state index contributed by atoms with van der Waals surface area (Å²) in [5.41, 5.74) is 0.975. The quantitative estimate of drug-likeness (QED) is 0.909. The second-order valence-corrected chi connectivity index (χ2v) is 7.03. The minimum Gasteiger partial charge on any atom is -0.481 e. The molecule has 1 N–H and O–H groups in total.